The molecule has 0 saturated carbocycles. The molecule has 0 aromatic rings. The summed E-state index contributed by atoms with van der Waals surface area (Å²) in [6, 6.07) is 0. The summed E-state index contributed by atoms with van der Waals surface area (Å²) in [5.74, 6) is -1.01. The number of nitrogens with one attached hydrogen (secondary N) is 2. The van der Waals surface area contributed by atoms with Crippen LogP contribution < -0.4 is 10.6 Å². The third-order valence-corrected chi connectivity index (χ3v) is 2.64. The minimum Gasteiger partial charge on any atom is -0.481 e. The quantitative estimate of drug-likeness (QED) is 0.392. The van der Waals surface area contributed by atoms with Crippen LogP contribution in [0.2, 0.25) is 0 Å². The van der Waals surface area contributed by atoms with Crippen molar-refractivity contribution < 1.29 is 19.5 Å². The molecule has 6 nitrogen and oxygen atoms in total. The van der Waals surface area contributed by atoms with Crippen molar-refractivity contribution in [2.45, 2.75) is 45.4 Å². The first kappa shape index (κ1) is 18.1. The zero-order chi connectivity index (χ0) is 15.4. The summed E-state index contributed by atoms with van der Waals surface area (Å²) in [5, 5.41) is 13.9. The molecular formula is C14H24N2O4. The van der Waals surface area contributed by atoms with Crippen molar-refractivity contribution in [3.8, 4) is 0 Å². The van der Waals surface area contributed by atoms with E-state index in [1.165, 1.54) is 0 Å². The van der Waals surface area contributed by atoms with Crippen LogP contribution in [0.5, 0.6) is 0 Å². The van der Waals surface area contributed by atoms with Crippen molar-refractivity contribution in [2.75, 3.05) is 13.1 Å². The minimum absolute atomic E-state index is 0.0356. The van der Waals surface area contributed by atoms with Gasteiger partial charge in [-0.3, -0.25) is 14.4 Å². The van der Waals surface area contributed by atoms with Crippen LogP contribution in [0.25, 0.3) is 0 Å². The van der Waals surface area contributed by atoms with Gasteiger partial charge in [0, 0.05) is 31.5 Å². The van der Waals surface area contributed by atoms with Crippen molar-refractivity contribution in [1.82, 2.24) is 10.6 Å². The maximum Gasteiger partial charge on any atom is 0.303 e. The van der Waals surface area contributed by atoms with Gasteiger partial charge in [-0.1, -0.05) is 13.0 Å². The lowest BCUT2D eigenvalue weighted by atomic mass is 10.1. The molecule has 0 aliphatic rings. The Hall–Kier alpha value is -1.85. The molecule has 0 fully saturated rings. The van der Waals surface area contributed by atoms with Crippen molar-refractivity contribution >= 4 is 17.8 Å². The molecule has 0 saturated heterocycles. The monoisotopic (exact) mass is 284 g/mol. The lowest BCUT2D eigenvalue weighted by Crippen LogP contribution is -2.29. The molecular weight excluding hydrogens is 260 g/mol. The Balaban J connectivity index is 3.39. The van der Waals surface area contributed by atoms with Gasteiger partial charge in [-0.15, -0.1) is 0 Å². The summed E-state index contributed by atoms with van der Waals surface area (Å²) in [6.45, 7) is 6.19. The fourth-order valence-electron chi connectivity index (χ4n) is 1.50. The first-order valence-electron chi connectivity index (χ1n) is 6.85. The number of amides is 2. The lowest BCUT2D eigenvalue weighted by molar-refractivity contribution is -0.137. The molecule has 0 aromatic carbocycles. The van der Waals surface area contributed by atoms with Crippen molar-refractivity contribution in [3.63, 3.8) is 0 Å². The van der Waals surface area contributed by atoms with Gasteiger partial charge in [-0.2, -0.15) is 0 Å². The fourth-order valence-corrected chi connectivity index (χ4v) is 1.50. The summed E-state index contributed by atoms with van der Waals surface area (Å²) >= 11 is 0. The van der Waals surface area contributed by atoms with E-state index >= 15 is 0 Å². The number of rotatable bonds is 11. The van der Waals surface area contributed by atoms with Crippen LogP contribution in [-0.2, 0) is 14.4 Å². The predicted octanol–water partition coefficient (Wildman–Crippen LogP) is 1.22. The van der Waals surface area contributed by atoms with E-state index in [-0.39, 0.29) is 18.2 Å². The molecule has 0 aromatic heterocycles. The minimum atomic E-state index is -0.800. The molecule has 0 atom stereocenters. The number of carboxylic acids is 1. The van der Waals surface area contributed by atoms with Gasteiger partial charge in [0.2, 0.25) is 11.8 Å². The average molecular weight is 284 g/mol. The number of aliphatic carboxylic acids is 1. The average Bonchev–Trinajstić information content (AvgIpc) is 2.37. The Morgan fingerprint density at radius 2 is 1.55 bits per heavy atom. The van der Waals surface area contributed by atoms with Gasteiger partial charge < -0.3 is 15.7 Å². The number of carbonyl (C=O) groups excluding carboxylic acids is 2. The molecule has 0 spiro atoms. The second kappa shape index (κ2) is 11.0. The van der Waals surface area contributed by atoms with Gasteiger partial charge in [-0.05, 0) is 26.2 Å². The fraction of sp³-hybridized carbons (Fsp3) is 0.643. The van der Waals surface area contributed by atoms with Crippen molar-refractivity contribution in [2.24, 2.45) is 0 Å². The molecule has 0 radical (unpaired) electrons. The Labute approximate surface area is 119 Å². The van der Waals surface area contributed by atoms with Crippen LogP contribution in [0.3, 0.4) is 0 Å². The van der Waals surface area contributed by atoms with Crippen LogP contribution in [-0.4, -0.2) is 36.0 Å². The van der Waals surface area contributed by atoms with Gasteiger partial charge in [0.05, 0.1) is 0 Å². The molecule has 0 bridgehead atoms. The molecule has 2 amide bonds. The Morgan fingerprint density at radius 1 is 0.950 bits per heavy atom. The summed E-state index contributed by atoms with van der Waals surface area (Å²) < 4.78 is 0. The summed E-state index contributed by atoms with van der Waals surface area (Å²) in [5.41, 5.74) is 0.468. The number of hydrogen-bond acceptors (Lipinski definition) is 3. The highest BCUT2D eigenvalue weighted by Gasteiger charge is 2.03. The van der Waals surface area contributed by atoms with E-state index in [2.05, 4.69) is 17.2 Å². The Kier molecular flexibility index (Phi) is 10.00. The van der Waals surface area contributed by atoms with Crippen molar-refractivity contribution in [3.05, 3.63) is 12.2 Å². The number of carboxylic acid groups (broad SMARTS) is 1. The van der Waals surface area contributed by atoms with E-state index < -0.39 is 5.97 Å². The largest absolute Gasteiger partial charge is 0.481 e. The molecule has 6 heteroatoms. The third kappa shape index (κ3) is 11.3. The summed E-state index contributed by atoms with van der Waals surface area (Å²) in [6.07, 6.45) is 3.29. The van der Waals surface area contributed by atoms with Gasteiger partial charge in [-0.25, -0.2) is 0 Å². The first-order valence-corrected chi connectivity index (χ1v) is 6.85. The van der Waals surface area contributed by atoms with Crippen LogP contribution in [0, 0.1) is 0 Å². The van der Waals surface area contributed by atoms with Gasteiger partial charge >= 0.3 is 5.97 Å². The third-order valence-electron chi connectivity index (χ3n) is 2.64. The molecule has 20 heavy (non-hydrogen) atoms. The van der Waals surface area contributed by atoms with Crippen molar-refractivity contribution in [1.29, 1.82) is 0 Å². The zero-order valence-electron chi connectivity index (χ0n) is 12.0. The van der Waals surface area contributed by atoms with Gasteiger partial charge in [0.15, 0.2) is 0 Å². The van der Waals surface area contributed by atoms with Crippen LogP contribution in [0.15, 0.2) is 12.2 Å². The molecule has 0 aliphatic carbocycles. The van der Waals surface area contributed by atoms with E-state index in [0.29, 0.717) is 44.3 Å². The molecule has 0 aliphatic heterocycles. The molecule has 114 valence electrons. The van der Waals surface area contributed by atoms with Crippen LogP contribution >= 0.6 is 0 Å². The zero-order valence-corrected chi connectivity index (χ0v) is 12.0. The SMILES string of the molecule is C=C(C)C(=O)NCCCNC(=O)CCCCCC(=O)O. The standard InChI is InChI=1S/C14H24N2O4/c1-11(2)14(20)16-10-6-9-15-12(17)7-4-3-5-8-13(18)19/h1,3-10H2,2H3,(H,15,17)(H,16,20)(H,18,19). The van der Waals surface area contributed by atoms with E-state index in [0.717, 1.165) is 6.42 Å². The number of carbonyl (C=O) groups is 3. The second-order valence-electron chi connectivity index (χ2n) is 4.69. The Morgan fingerprint density at radius 3 is 2.15 bits per heavy atom. The van der Waals surface area contributed by atoms with Crippen LogP contribution in [0.4, 0.5) is 0 Å². The van der Waals surface area contributed by atoms with E-state index in [4.69, 9.17) is 5.11 Å². The van der Waals surface area contributed by atoms with E-state index in [1.807, 2.05) is 0 Å². The Bertz CT molecular complexity index is 353. The molecule has 0 unspecified atom stereocenters. The highest BCUT2D eigenvalue weighted by Crippen LogP contribution is 2.02. The lowest BCUT2D eigenvalue weighted by Gasteiger charge is -2.06. The molecule has 3 N–H and O–H groups in total. The smallest absolute Gasteiger partial charge is 0.303 e. The summed E-state index contributed by atoms with van der Waals surface area (Å²) in [7, 11) is 0. The molecule has 0 heterocycles. The van der Waals surface area contributed by atoms with Gasteiger partial charge in [0.1, 0.15) is 0 Å². The maximum atomic E-state index is 11.4. The van der Waals surface area contributed by atoms with E-state index in [9.17, 15) is 14.4 Å². The maximum absolute atomic E-state index is 11.4. The first-order chi connectivity index (χ1) is 9.43. The highest BCUT2D eigenvalue weighted by atomic mass is 16.4. The van der Waals surface area contributed by atoms with Crippen LogP contribution in [0.1, 0.15) is 45.4 Å². The molecule has 0 rings (SSSR count). The normalized spacial score (nSPS) is 9.85. The highest BCUT2D eigenvalue weighted by molar-refractivity contribution is 5.92. The predicted molar refractivity (Wildman–Crippen MR) is 76.2 cm³/mol. The topological polar surface area (TPSA) is 95.5 Å². The number of unbranched alkanes of at least 4 members (excludes halogenated alkanes) is 2. The number of hydrogen-bond donors (Lipinski definition) is 3. The summed E-state index contributed by atoms with van der Waals surface area (Å²) in [4.78, 5) is 32.8. The van der Waals surface area contributed by atoms with E-state index in [1.54, 1.807) is 6.92 Å². The van der Waals surface area contributed by atoms with Gasteiger partial charge in [0.25, 0.3) is 0 Å². The second-order valence-corrected chi connectivity index (χ2v) is 4.69.